The minimum Gasteiger partial charge on any atom is -0.534 e. The van der Waals surface area contributed by atoms with Gasteiger partial charge in [0.25, 0.3) is 0 Å². The number of halogens is 1. The van der Waals surface area contributed by atoms with Crippen molar-refractivity contribution in [3.05, 3.63) is 58.9 Å². The van der Waals surface area contributed by atoms with Crippen molar-refractivity contribution in [2.45, 2.75) is 25.3 Å². The number of imide groups is 1. The maximum atomic E-state index is 14.7. The molecule has 2 aromatic rings. The molecule has 18 heteroatoms. The molecule has 0 aromatic heterocycles. The zero-order valence-corrected chi connectivity index (χ0v) is 22.8. The molecule has 15 nitrogen and oxygen atoms in total. The Balaban J connectivity index is 1.62. The van der Waals surface area contributed by atoms with Crippen LogP contribution in [0, 0.1) is 5.82 Å². The number of amides is 5. The third kappa shape index (κ3) is 6.13. The highest BCUT2D eigenvalue weighted by Crippen LogP contribution is 2.35. The number of hydrogen-bond acceptors (Lipinski definition) is 8. The number of carboxylic acids is 1. The van der Waals surface area contributed by atoms with Crippen LogP contribution < -0.4 is 20.6 Å². The van der Waals surface area contributed by atoms with E-state index in [1.165, 1.54) is 23.1 Å². The number of para-hydroxylation sites is 1. The summed E-state index contributed by atoms with van der Waals surface area (Å²) in [5.41, 5.74) is -0.174. The molecule has 1 saturated heterocycles. The fourth-order valence-electron chi connectivity index (χ4n) is 4.59. The molecule has 2 heterocycles. The van der Waals surface area contributed by atoms with Crippen LogP contribution in [0.15, 0.2) is 36.4 Å². The number of urea groups is 1. The van der Waals surface area contributed by atoms with Gasteiger partial charge in [0, 0.05) is 19.6 Å². The Kier molecular flexibility index (Phi) is 8.68. The highest BCUT2D eigenvalue weighted by molar-refractivity contribution is 7.60. The van der Waals surface area contributed by atoms with Crippen molar-refractivity contribution in [1.29, 1.82) is 0 Å². The fourth-order valence-corrected chi connectivity index (χ4v) is 5.20. The molecule has 2 atom stereocenters. The van der Waals surface area contributed by atoms with Crippen molar-refractivity contribution < 1.29 is 57.5 Å². The summed E-state index contributed by atoms with van der Waals surface area (Å²) in [5, 5.41) is 23.6. The van der Waals surface area contributed by atoms with Crippen LogP contribution >= 0.6 is 7.60 Å². The van der Waals surface area contributed by atoms with Gasteiger partial charge in [-0.25, -0.2) is 14.0 Å². The van der Waals surface area contributed by atoms with Crippen LogP contribution in [-0.4, -0.2) is 92.1 Å². The molecular weight excluding hydrogens is 581 g/mol. The van der Waals surface area contributed by atoms with E-state index in [4.69, 9.17) is 4.65 Å². The van der Waals surface area contributed by atoms with Gasteiger partial charge in [0.05, 0.1) is 16.8 Å². The van der Waals surface area contributed by atoms with Crippen molar-refractivity contribution in [2.75, 3.05) is 19.6 Å². The van der Waals surface area contributed by atoms with Crippen molar-refractivity contribution in [2.24, 2.45) is 0 Å². The Morgan fingerprint density at radius 3 is 2.50 bits per heavy atom. The number of carboxylic acid groups (broad SMARTS) is 1. The summed E-state index contributed by atoms with van der Waals surface area (Å²) in [7, 11) is -6.77. The summed E-state index contributed by atoms with van der Waals surface area (Å²) < 4.78 is 31.6. The molecule has 42 heavy (non-hydrogen) atoms. The summed E-state index contributed by atoms with van der Waals surface area (Å²) in [5.74, 6) is -7.14. The first kappa shape index (κ1) is 30.6. The van der Waals surface area contributed by atoms with E-state index in [2.05, 4.69) is 10.6 Å². The molecule has 0 aliphatic carbocycles. The van der Waals surface area contributed by atoms with Crippen molar-refractivity contribution in [3.63, 3.8) is 0 Å². The normalized spacial score (nSPS) is 17.7. The smallest absolute Gasteiger partial charge is 0.534 e. The van der Waals surface area contributed by atoms with Crippen molar-refractivity contribution >= 4 is 49.7 Å². The molecule has 5 amide bonds. The second-order valence-corrected chi connectivity index (χ2v) is 11.0. The topological polar surface area (TPSA) is 223 Å². The van der Waals surface area contributed by atoms with Crippen molar-refractivity contribution in [1.82, 2.24) is 20.4 Å². The lowest BCUT2D eigenvalue weighted by Gasteiger charge is -2.33. The van der Waals surface area contributed by atoms with Crippen LogP contribution in [-0.2, 0) is 25.4 Å². The van der Waals surface area contributed by atoms with Gasteiger partial charge in [-0.3, -0.25) is 23.8 Å². The molecule has 0 saturated carbocycles. The van der Waals surface area contributed by atoms with E-state index < -0.39 is 67.5 Å². The molecule has 0 bridgehead atoms. The standard InChI is InChI=1S/C24H25BFN4O11P/c1-2-29-8-9-30(22(33)21(29)32)24(36)28-18(12-6-7-16(15(26)10-12)42(38,39)40)20(31)27-17-11-13-4-3-5-14(23(34)35)19(13)41-25(17)37/h3-7,10,17-18,37H,2,8-9,11H2,1H3,(H,27,31)(H,28,36)(H,34,35)(H2,38,39,40)/t17-,18?/m0/s1. The Morgan fingerprint density at radius 2 is 1.88 bits per heavy atom. The third-order valence-corrected chi connectivity index (χ3v) is 7.75. The van der Waals surface area contributed by atoms with E-state index in [0.717, 1.165) is 12.1 Å². The number of carbonyl (C=O) groups is 5. The maximum Gasteiger partial charge on any atom is 0.547 e. The summed E-state index contributed by atoms with van der Waals surface area (Å²) in [4.78, 5) is 83.3. The van der Waals surface area contributed by atoms with Crippen LogP contribution in [0.1, 0.15) is 34.5 Å². The summed E-state index contributed by atoms with van der Waals surface area (Å²) in [6.45, 7) is 1.68. The molecule has 1 fully saturated rings. The average Bonchev–Trinajstić information content (AvgIpc) is 2.92. The number of aromatic carboxylic acids is 1. The van der Waals surface area contributed by atoms with Crippen LogP contribution in [0.5, 0.6) is 5.75 Å². The van der Waals surface area contributed by atoms with Gasteiger partial charge in [-0.1, -0.05) is 18.2 Å². The lowest BCUT2D eigenvalue weighted by atomic mass is 9.72. The fraction of sp³-hybridized carbons (Fsp3) is 0.292. The van der Waals surface area contributed by atoms with E-state index in [1.54, 1.807) is 6.92 Å². The zero-order valence-electron chi connectivity index (χ0n) is 21.9. The largest absolute Gasteiger partial charge is 0.547 e. The molecule has 6 N–H and O–H groups in total. The SMILES string of the molecule is CCN1CCN(C(=O)NC(C(=O)N[C@H]2Cc3cccc(C(=O)O)c3OB2O)c2ccc(P(=O)(O)O)c(F)c2)C(=O)C1=O. The van der Waals surface area contributed by atoms with E-state index in [0.29, 0.717) is 16.5 Å². The second kappa shape index (κ2) is 11.9. The van der Waals surface area contributed by atoms with Gasteiger partial charge in [-0.15, -0.1) is 0 Å². The van der Waals surface area contributed by atoms with Gasteiger partial charge in [-0.05, 0) is 42.7 Å². The molecule has 0 spiro atoms. The number of nitrogens with one attached hydrogen (secondary N) is 2. The maximum absolute atomic E-state index is 14.7. The Labute approximate surface area is 237 Å². The number of nitrogens with zero attached hydrogens (tertiary/aromatic N) is 2. The average molecular weight is 606 g/mol. The number of hydrogen-bond donors (Lipinski definition) is 6. The van der Waals surface area contributed by atoms with Crippen molar-refractivity contribution in [3.8, 4) is 5.75 Å². The predicted molar refractivity (Wildman–Crippen MR) is 141 cm³/mol. The summed E-state index contributed by atoms with van der Waals surface area (Å²) >= 11 is 0. The Morgan fingerprint density at radius 1 is 1.17 bits per heavy atom. The Hall–Kier alpha value is -4.31. The molecule has 222 valence electrons. The number of piperazine rings is 1. The van der Waals surface area contributed by atoms with E-state index in [9.17, 15) is 52.8 Å². The number of fused-ring (bicyclic) bond motifs is 1. The van der Waals surface area contributed by atoms with E-state index in [1.807, 2.05) is 0 Å². The number of carbonyl (C=O) groups excluding carboxylic acids is 4. The van der Waals surface area contributed by atoms with Crippen LogP contribution in [0.4, 0.5) is 9.18 Å². The van der Waals surface area contributed by atoms with E-state index in [-0.39, 0.29) is 42.9 Å². The number of rotatable bonds is 7. The van der Waals surface area contributed by atoms with Gasteiger partial charge in [0.1, 0.15) is 17.6 Å². The highest BCUT2D eigenvalue weighted by atomic mass is 31.2. The van der Waals surface area contributed by atoms with Crippen LogP contribution in [0.2, 0.25) is 0 Å². The summed E-state index contributed by atoms with van der Waals surface area (Å²) in [6, 6.07) is 3.57. The quantitative estimate of drug-likeness (QED) is 0.126. The first-order chi connectivity index (χ1) is 19.7. The molecule has 4 rings (SSSR count). The highest BCUT2D eigenvalue weighted by Gasteiger charge is 2.41. The predicted octanol–water partition coefficient (Wildman–Crippen LogP) is -1.09. The minimum absolute atomic E-state index is 0.0281. The molecule has 2 aromatic carbocycles. The molecule has 1 unspecified atom stereocenters. The van der Waals surface area contributed by atoms with Gasteiger partial charge in [-0.2, -0.15) is 0 Å². The molecule has 2 aliphatic rings. The van der Waals surface area contributed by atoms with Gasteiger partial charge in [0.15, 0.2) is 0 Å². The molecule has 0 radical (unpaired) electrons. The Bertz CT molecular complexity index is 1520. The minimum atomic E-state index is -5.03. The first-order valence-corrected chi connectivity index (χ1v) is 14.1. The monoisotopic (exact) mass is 606 g/mol. The van der Waals surface area contributed by atoms with Gasteiger partial charge >= 0.3 is 38.5 Å². The van der Waals surface area contributed by atoms with Gasteiger partial charge in [0.2, 0.25) is 5.91 Å². The molecule has 2 aliphatic heterocycles. The lowest BCUT2D eigenvalue weighted by molar-refractivity contribution is -0.153. The number of benzene rings is 2. The zero-order chi connectivity index (χ0) is 30.9. The number of likely N-dealkylation sites (N-methyl/N-ethyl adjacent to an activating group) is 1. The second-order valence-electron chi connectivity index (χ2n) is 9.41. The first-order valence-electron chi connectivity index (χ1n) is 12.5. The lowest BCUT2D eigenvalue weighted by Crippen LogP contribution is -2.60. The van der Waals surface area contributed by atoms with E-state index >= 15 is 0 Å². The van der Waals surface area contributed by atoms with Crippen LogP contribution in [0.3, 0.4) is 0 Å². The van der Waals surface area contributed by atoms with Gasteiger partial charge < -0.3 is 40.1 Å². The summed E-state index contributed by atoms with van der Waals surface area (Å²) in [6.07, 6.45) is -0.110. The molecular formula is C24H25BFN4O11P. The third-order valence-electron chi connectivity index (χ3n) is 6.76. The van der Waals surface area contributed by atoms with Crippen LogP contribution in [0.25, 0.3) is 0 Å².